The molecule has 1 aromatic carbocycles. The quantitative estimate of drug-likeness (QED) is 0.729. The number of hydrogen-bond acceptors (Lipinski definition) is 6. The van der Waals surface area contributed by atoms with Gasteiger partial charge in [0, 0.05) is 19.8 Å². The smallest absolute Gasteiger partial charge is 0.225 e. The van der Waals surface area contributed by atoms with Crippen molar-refractivity contribution in [3.8, 4) is 0 Å². The predicted molar refractivity (Wildman–Crippen MR) is 77.2 cm³/mol. The SMILES string of the molecule is CN(Cc1ccc(S(C)(=O)=O)c(S(N)(=O)=O)c1)S(C)(=O)=O. The molecule has 0 saturated heterocycles. The summed E-state index contributed by atoms with van der Waals surface area (Å²) < 4.78 is 69.8. The summed E-state index contributed by atoms with van der Waals surface area (Å²) in [6.07, 6.45) is 1.86. The van der Waals surface area contributed by atoms with Crippen LogP contribution in [0.1, 0.15) is 5.56 Å². The predicted octanol–water partition coefficient (Wildman–Crippen LogP) is -0.871. The molecule has 0 aliphatic rings. The Morgan fingerprint density at radius 2 is 1.52 bits per heavy atom. The van der Waals surface area contributed by atoms with Crippen LogP contribution in [0, 0.1) is 0 Å². The molecule has 0 spiro atoms. The van der Waals surface area contributed by atoms with Gasteiger partial charge in [-0.1, -0.05) is 6.07 Å². The fraction of sp³-hybridized carbons (Fsp3) is 0.400. The monoisotopic (exact) mass is 356 g/mol. The van der Waals surface area contributed by atoms with E-state index >= 15 is 0 Å². The standard InChI is InChI=1S/C10H16N2O6S3/c1-12(20(3,15)16)7-8-4-5-9(19(2,13)14)10(6-8)21(11,17)18/h4-6H,7H2,1-3H3,(H2,11,17,18). The zero-order valence-corrected chi connectivity index (χ0v) is 14.1. The lowest BCUT2D eigenvalue weighted by Gasteiger charge is -2.15. The molecule has 0 heterocycles. The summed E-state index contributed by atoms with van der Waals surface area (Å²) in [5.74, 6) is 0. The topological polar surface area (TPSA) is 132 Å². The van der Waals surface area contributed by atoms with Crippen molar-refractivity contribution in [2.45, 2.75) is 16.3 Å². The van der Waals surface area contributed by atoms with E-state index in [0.29, 0.717) is 5.56 Å². The van der Waals surface area contributed by atoms with E-state index in [-0.39, 0.29) is 6.54 Å². The number of sulfonamides is 2. The molecule has 0 saturated carbocycles. The Morgan fingerprint density at radius 1 is 1.00 bits per heavy atom. The van der Waals surface area contributed by atoms with Crippen molar-refractivity contribution in [3.63, 3.8) is 0 Å². The van der Waals surface area contributed by atoms with Gasteiger partial charge in [-0.15, -0.1) is 0 Å². The molecule has 0 aromatic heterocycles. The Balaban J connectivity index is 3.44. The maximum absolute atomic E-state index is 11.6. The van der Waals surface area contributed by atoms with Crippen molar-refractivity contribution in [2.24, 2.45) is 5.14 Å². The Bertz CT molecular complexity index is 856. The third-order valence-electron chi connectivity index (χ3n) is 2.69. The molecule has 0 unspecified atom stereocenters. The normalized spacial score (nSPS) is 13.6. The van der Waals surface area contributed by atoms with E-state index in [9.17, 15) is 25.3 Å². The van der Waals surface area contributed by atoms with Gasteiger partial charge in [-0.05, 0) is 17.7 Å². The van der Waals surface area contributed by atoms with Crippen molar-refractivity contribution < 1.29 is 25.3 Å². The van der Waals surface area contributed by atoms with Gasteiger partial charge in [-0.3, -0.25) is 0 Å². The zero-order valence-electron chi connectivity index (χ0n) is 11.6. The van der Waals surface area contributed by atoms with E-state index in [0.717, 1.165) is 28.9 Å². The molecule has 21 heavy (non-hydrogen) atoms. The minimum Gasteiger partial charge on any atom is -0.225 e. The molecule has 0 atom stereocenters. The van der Waals surface area contributed by atoms with E-state index in [2.05, 4.69) is 0 Å². The number of nitrogens with two attached hydrogens (primary N) is 1. The highest BCUT2D eigenvalue weighted by Gasteiger charge is 2.22. The first-order chi connectivity index (χ1) is 9.23. The van der Waals surface area contributed by atoms with Crippen molar-refractivity contribution in [3.05, 3.63) is 23.8 Å². The molecule has 120 valence electrons. The summed E-state index contributed by atoms with van der Waals surface area (Å²) >= 11 is 0. The fourth-order valence-corrected chi connectivity index (χ4v) is 4.14. The first kappa shape index (κ1) is 18.0. The number of nitrogens with zero attached hydrogens (tertiary/aromatic N) is 1. The van der Waals surface area contributed by atoms with Crippen molar-refractivity contribution in [2.75, 3.05) is 19.6 Å². The Hall–Kier alpha value is -1.01. The van der Waals surface area contributed by atoms with E-state index in [1.807, 2.05) is 0 Å². The molecule has 0 aliphatic carbocycles. The lowest BCUT2D eigenvalue weighted by Crippen LogP contribution is -2.25. The van der Waals surface area contributed by atoms with Gasteiger partial charge in [0.25, 0.3) is 0 Å². The molecular formula is C10H16N2O6S3. The molecule has 0 fully saturated rings. The molecular weight excluding hydrogens is 340 g/mol. The summed E-state index contributed by atoms with van der Waals surface area (Å²) in [6, 6.07) is 3.50. The Labute approximate surface area is 124 Å². The van der Waals surface area contributed by atoms with Gasteiger partial charge in [-0.2, -0.15) is 0 Å². The van der Waals surface area contributed by atoms with E-state index in [4.69, 9.17) is 5.14 Å². The van der Waals surface area contributed by atoms with Crippen LogP contribution in [0.3, 0.4) is 0 Å². The molecule has 0 bridgehead atoms. The summed E-state index contributed by atoms with van der Waals surface area (Å²) in [4.78, 5) is -0.972. The maximum Gasteiger partial charge on any atom is 0.239 e. The van der Waals surface area contributed by atoms with Gasteiger partial charge in [0.2, 0.25) is 20.0 Å². The second-order valence-corrected chi connectivity index (χ2v) is 10.2. The first-order valence-corrected chi connectivity index (χ1v) is 10.8. The molecule has 0 radical (unpaired) electrons. The van der Waals surface area contributed by atoms with Crippen LogP contribution in [-0.2, 0) is 36.4 Å². The van der Waals surface area contributed by atoms with Crippen LogP contribution < -0.4 is 5.14 Å². The molecule has 1 aromatic rings. The molecule has 0 aliphatic heterocycles. The summed E-state index contributed by atoms with van der Waals surface area (Å²) in [5.41, 5.74) is 0.305. The third-order valence-corrected chi connectivity index (χ3v) is 6.18. The molecule has 11 heteroatoms. The average Bonchev–Trinajstić information content (AvgIpc) is 2.24. The summed E-state index contributed by atoms with van der Waals surface area (Å²) in [7, 11) is -10.2. The summed E-state index contributed by atoms with van der Waals surface area (Å²) in [5, 5.41) is 5.02. The second kappa shape index (κ2) is 5.65. The van der Waals surface area contributed by atoms with Crippen molar-refractivity contribution in [1.82, 2.24) is 4.31 Å². The van der Waals surface area contributed by atoms with Gasteiger partial charge in [0.1, 0.15) is 4.90 Å². The minimum atomic E-state index is -4.26. The van der Waals surface area contributed by atoms with E-state index in [1.165, 1.54) is 13.1 Å². The highest BCUT2D eigenvalue weighted by atomic mass is 32.2. The summed E-state index contributed by atoms with van der Waals surface area (Å²) in [6.45, 7) is -0.106. The van der Waals surface area contributed by atoms with E-state index in [1.54, 1.807) is 0 Å². The van der Waals surface area contributed by atoms with Crippen LogP contribution in [0.25, 0.3) is 0 Å². The largest absolute Gasteiger partial charge is 0.239 e. The highest BCUT2D eigenvalue weighted by molar-refractivity contribution is 7.93. The lowest BCUT2D eigenvalue weighted by atomic mass is 10.2. The fourth-order valence-electron chi connectivity index (χ4n) is 1.55. The Kier molecular flexibility index (Phi) is 4.85. The highest BCUT2D eigenvalue weighted by Crippen LogP contribution is 2.22. The molecule has 2 N–H and O–H groups in total. The zero-order chi connectivity index (χ0) is 16.6. The van der Waals surface area contributed by atoms with E-state index < -0.39 is 39.7 Å². The molecule has 0 amide bonds. The van der Waals surface area contributed by atoms with Crippen LogP contribution in [0.4, 0.5) is 0 Å². The first-order valence-electron chi connectivity index (χ1n) is 5.50. The van der Waals surface area contributed by atoms with Crippen LogP contribution in [-0.4, -0.2) is 49.1 Å². The van der Waals surface area contributed by atoms with Crippen molar-refractivity contribution >= 4 is 29.9 Å². The van der Waals surface area contributed by atoms with Crippen molar-refractivity contribution in [1.29, 1.82) is 0 Å². The third kappa shape index (κ3) is 4.74. The van der Waals surface area contributed by atoms with Crippen LogP contribution in [0.15, 0.2) is 28.0 Å². The van der Waals surface area contributed by atoms with Crippen LogP contribution >= 0.6 is 0 Å². The van der Waals surface area contributed by atoms with Gasteiger partial charge < -0.3 is 0 Å². The van der Waals surface area contributed by atoms with Gasteiger partial charge in [0.15, 0.2) is 9.84 Å². The maximum atomic E-state index is 11.6. The molecule has 8 nitrogen and oxygen atoms in total. The number of primary sulfonamides is 1. The van der Waals surface area contributed by atoms with Gasteiger partial charge >= 0.3 is 0 Å². The van der Waals surface area contributed by atoms with Gasteiger partial charge in [-0.25, -0.2) is 34.7 Å². The number of rotatable bonds is 5. The van der Waals surface area contributed by atoms with Crippen LogP contribution in [0.5, 0.6) is 0 Å². The van der Waals surface area contributed by atoms with Gasteiger partial charge in [0.05, 0.1) is 11.2 Å². The minimum absolute atomic E-state index is 0.106. The Morgan fingerprint density at radius 3 is 1.90 bits per heavy atom. The number of sulfone groups is 1. The average molecular weight is 356 g/mol. The molecule has 1 rings (SSSR count). The number of hydrogen-bond donors (Lipinski definition) is 1. The lowest BCUT2D eigenvalue weighted by molar-refractivity contribution is 0.471. The van der Waals surface area contributed by atoms with Crippen LogP contribution in [0.2, 0.25) is 0 Å². The second-order valence-electron chi connectivity index (χ2n) is 4.62. The number of benzene rings is 1.